The van der Waals surface area contributed by atoms with Crippen LogP contribution in [0.15, 0.2) is 28.7 Å². The number of carbonyl (C=O) groups excluding carboxylic acids is 2. The van der Waals surface area contributed by atoms with E-state index < -0.39 is 11.5 Å². The Balaban J connectivity index is 1.85. The molecular formula is C15H19BrN2O3. The molecular weight excluding hydrogens is 336 g/mol. The van der Waals surface area contributed by atoms with E-state index in [1.807, 2.05) is 11.0 Å². The number of nitrogens with zero attached hydrogens (tertiary/aromatic N) is 1. The summed E-state index contributed by atoms with van der Waals surface area (Å²) in [4.78, 5) is 25.9. The van der Waals surface area contributed by atoms with Crippen molar-refractivity contribution in [2.24, 2.45) is 0 Å². The van der Waals surface area contributed by atoms with Crippen molar-refractivity contribution in [1.82, 2.24) is 10.2 Å². The minimum absolute atomic E-state index is 0.173. The van der Waals surface area contributed by atoms with Crippen LogP contribution in [-0.2, 0) is 4.79 Å². The molecule has 6 heteroatoms. The Morgan fingerprint density at radius 3 is 2.57 bits per heavy atom. The van der Waals surface area contributed by atoms with E-state index in [0.717, 1.165) is 0 Å². The topological polar surface area (TPSA) is 69.6 Å². The van der Waals surface area contributed by atoms with Gasteiger partial charge in [-0.05, 0) is 47.8 Å². The molecule has 1 saturated heterocycles. The average Bonchev–Trinajstić information content (AvgIpc) is 2.41. The van der Waals surface area contributed by atoms with Crippen LogP contribution in [0.25, 0.3) is 0 Å². The molecule has 0 aliphatic carbocycles. The van der Waals surface area contributed by atoms with Crippen LogP contribution in [-0.4, -0.2) is 47.1 Å². The number of amides is 2. The van der Waals surface area contributed by atoms with Crippen LogP contribution in [0.1, 0.15) is 30.1 Å². The maximum absolute atomic E-state index is 12.0. The third kappa shape index (κ3) is 4.62. The average molecular weight is 355 g/mol. The summed E-state index contributed by atoms with van der Waals surface area (Å²) >= 11 is 3.29. The maximum Gasteiger partial charge on any atom is 0.259 e. The summed E-state index contributed by atoms with van der Waals surface area (Å²) in [5.41, 5.74) is -0.204. The van der Waals surface area contributed by atoms with Gasteiger partial charge in [0.2, 0.25) is 5.91 Å². The van der Waals surface area contributed by atoms with Crippen molar-refractivity contribution in [3.8, 4) is 0 Å². The summed E-state index contributed by atoms with van der Waals surface area (Å²) in [6.45, 7) is 3.29. The number of nitrogens with one attached hydrogen (secondary N) is 1. The zero-order valence-corrected chi connectivity index (χ0v) is 13.5. The Hall–Kier alpha value is -1.24. The predicted octanol–water partition coefficient (Wildman–Crippen LogP) is 1.55. The van der Waals surface area contributed by atoms with Crippen LogP contribution in [0.2, 0.25) is 0 Å². The second kappa shape index (κ2) is 6.68. The molecule has 0 radical (unpaired) electrons. The van der Waals surface area contributed by atoms with E-state index in [1.54, 1.807) is 25.1 Å². The van der Waals surface area contributed by atoms with Gasteiger partial charge in [0, 0.05) is 17.6 Å². The van der Waals surface area contributed by atoms with Gasteiger partial charge >= 0.3 is 0 Å². The van der Waals surface area contributed by atoms with Crippen molar-refractivity contribution in [3.05, 3.63) is 34.3 Å². The second-order valence-corrected chi connectivity index (χ2v) is 6.48. The summed E-state index contributed by atoms with van der Waals surface area (Å²) in [7, 11) is 0. The highest BCUT2D eigenvalue weighted by atomic mass is 79.9. The van der Waals surface area contributed by atoms with Crippen molar-refractivity contribution >= 4 is 27.7 Å². The molecule has 1 aliphatic rings. The van der Waals surface area contributed by atoms with E-state index >= 15 is 0 Å². The highest BCUT2D eigenvalue weighted by molar-refractivity contribution is 9.10. The highest BCUT2D eigenvalue weighted by Gasteiger charge is 2.28. The molecule has 2 rings (SSSR count). The molecule has 1 heterocycles. The van der Waals surface area contributed by atoms with E-state index in [-0.39, 0.29) is 12.5 Å². The van der Waals surface area contributed by atoms with Gasteiger partial charge in [-0.2, -0.15) is 0 Å². The summed E-state index contributed by atoms with van der Waals surface area (Å²) in [6.07, 6.45) is 1.27. The molecule has 1 aromatic carbocycles. The lowest BCUT2D eigenvalue weighted by Crippen LogP contribution is -2.47. The summed E-state index contributed by atoms with van der Waals surface area (Å²) < 4.78 is 0.657. The normalized spacial score (nSPS) is 18.2. The molecule has 5 nitrogen and oxygen atoms in total. The number of halogens is 1. The van der Waals surface area contributed by atoms with Gasteiger partial charge in [-0.3, -0.25) is 19.8 Å². The monoisotopic (exact) mass is 354 g/mol. The van der Waals surface area contributed by atoms with Crippen molar-refractivity contribution in [3.63, 3.8) is 0 Å². The first-order valence-corrected chi connectivity index (χ1v) is 7.70. The lowest BCUT2D eigenvalue weighted by molar-refractivity contribution is -0.122. The molecule has 2 N–H and O–H groups in total. The standard InChI is InChI=1S/C15H19BrN2O3/c1-15(21)6-8-18(9-7-15)10-13(19)17-14(20)11-4-2-3-5-12(11)16/h2-5,21H,6-10H2,1H3,(H,17,19,20). The Labute approximate surface area is 132 Å². The third-order valence-electron chi connectivity index (χ3n) is 3.67. The molecule has 1 aliphatic heterocycles. The number of aliphatic hydroxyl groups is 1. The number of hydrogen-bond acceptors (Lipinski definition) is 4. The number of likely N-dealkylation sites (tertiary alicyclic amines) is 1. The lowest BCUT2D eigenvalue weighted by atomic mass is 9.94. The maximum atomic E-state index is 12.0. The zero-order valence-electron chi connectivity index (χ0n) is 11.9. The number of hydrogen-bond donors (Lipinski definition) is 2. The van der Waals surface area contributed by atoms with Gasteiger partial charge in [0.1, 0.15) is 0 Å². The van der Waals surface area contributed by atoms with E-state index in [0.29, 0.717) is 36.0 Å². The number of piperidine rings is 1. The fraction of sp³-hybridized carbons (Fsp3) is 0.467. The van der Waals surface area contributed by atoms with Crippen LogP contribution in [0, 0.1) is 0 Å². The van der Waals surface area contributed by atoms with Gasteiger partial charge in [-0.15, -0.1) is 0 Å². The van der Waals surface area contributed by atoms with Gasteiger partial charge < -0.3 is 5.11 Å². The van der Waals surface area contributed by atoms with Crippen molar-refractivity contribution in [1.29, 1.82) is 0 Å². The molecule has 0 atom stereocenters. The Kier molecular flexibility index (Phi) is 5.13. The lowest BCUT2D eigenvalue weighted by Gasteiger charge is -2.35. The van der Waals surface area contributed by atoms with Crippen LogP contribution >= 0.6 is 15.9 Å². The number of imide groups is 1. The Bertz CT molecular complexity index is 535. The second-order valence-electron chi connectivity index (χ2n) is 5.63. The van der Waals surface area contributed by atoms with Crippen LogP contribution in [0.5, 0.6) is 0 Å². The summed E-state index contributed by atoms with van der Waals surface area (Å²) in [5, 5.41) is 12.3. The SMILES string of the molecule is CC1(O)CCN(CC(=O)NC(=O)c2ccccc2Br)CC1. The fourth-order valence-electron chi connectivity index (χ4n) is 2.27. The number of rotatable bonds is 3. The highest BCUT2D eigenvalue weighted by Crippen LogP contribution is 2.20. The van der Waals surface area contributed by atoms with Crippen molar-refractivity contribution in [2.75, 3.05) is 19.6 Å². The molecule has 1 fully saturated rings. The van der Waals surface area contributed by atoms with Gasteiger partial charge in [0.15, 0.2) is 0 Å². The number of benzene rings is 1. The molecule has 114 valence electrons. The van der Waals surface area contributed by atoms with Gasteiger partial charge in [-0.25, -0.2) is 0 Å². The smallest absolute Gasteiger partial charge is 0.259 e. The molecule has 1 aromatic rings. The number of carbonyl (C=O) groups is 2. The first kappa shape index (κ1) is 16.1. The Morgan fingerprint density at radius 1 is 1.33 bits per heavy atom. The molecule has 21 heavy (non-hydrogen) atoms. The van der Waals surface area contributed by atoms with Gasteiger partial charge in [0.25, 0.3) is 5.91 Å². The van der Waals surface area contributed by atoms with Crippen LogP contribution in [0.3, 0.4) is 0 Å². The summed E-state index contributed by atoms with van der Waals surface area (Å²) in [5.74, 6) is -0.728. The first-order chi connectivity index (χ1) is 9.87. The van der Waals surface area contributed by atoms with E-state index in [2.05, 4.69) is 21.2 Å². The Morgan fingerprint density at radius 2 is 1.95 bits per heavy atom. The van der Waals surface area contributed by atoms with Gasteiger partial charge in [0.05, 0.1) is 17.7 Å². The largest absolute Gasteiger partial charge is 0.390 e. The predicted molar refractivity (Wildman–Crippen MR) is 82.9 cm³/mol. The first-order valence-electron chi connectivity index (χ1n) is 6.91. The molecule has 0 bridgehead atoms. The summed E-state index contributed by atoms with van der Waals surface area (Å²) in [6, 6.07) is 6.97. The van der Waals surface area contributed by atoms with Gasteiger partial charge in [-0.1, -0.05) is 12.1 Å². The minimum atomic E-state index is -0.641. The van der Waals surface area contributed by atoms with E-state index in [4.69, 9.17) is 0 Å². The molecule has 0 unspecified atom stereocenters. The quantitative estimate of drug-likeness (QED) is 0.863. The van der Waals surface area contributed by atoms with Crippen molar-refractivity contribution in [2.45, 2.75) is 25.4 Å². The third-order valence-corrected chi connectivity index (χ3v) is 4.36. The minimum Gasteiger partial charge on any atom is -0.390 e. The molecule has 0 aromatic heterocycles. The van der Waals surface area contributed by atoms with Crippen LogP contribution in [0.4, 0.5) is 0 Å². The zero-order chi connectivity index (χ0) is 15.5. The molecule has 2 amide bonds. The van der Waals surface area contributed by atoms with E-state index in [1.165, 1.54) is 0 Å². The van der Waals surface area contributed by atoms with Crippen molar-refractivity contribution < 1.29 is 14.7 Å². The van der Waals surface area contributed by atoms with Crippen LogP contribution < -0.4 is 5.32 Å². The molecule has 0 saturated carbocycles. The molecule has 0 spiro atoms. The van der Waals surface area contributed by atoms with E-state index in [9.17, 15) is 14.7 Å². The fourth-order valence-corrected chi connectivity index (χ4v) is 2.74.